The zero-order valence-corrected chi connectivity index (χ0v) is 33.0. The lowest BCUT2D eigenvalue weighted by Crippen LogP contribution is -2.56. The number of rotatable bonds is 12. The number of carbonyl (C=O) groups is 2. The second-order valence-corrected chi connectivity index (χ2v) is 16.3. The molecule has 0 aliphatic carbocycles. The summed E-state index contributed by atoms with van der Waals surface area (Å²) in [5.74, 6) is 0.421. The monoisotopic (exact) mass is 788 g/mol. The first kappa shape index (κ1) is 40.3. The first-order valence-corrected chi connectivity index (χ1v) is 19.4. The highest BCUT2D eigenvalue weighted by Gasteiger charge is 2.45. The number of hydrogen-bond acceptors (Lipinski definition) is 9. The number of methoxy groups -OCH3 is 2. The molecule has 1 fully saturated rings. The minimum absolute atomic E-state index is 0.0346. The van der Waals surface area contributed by atoms with E-state index in [1.165, 1.54) is 26.4 Å². The van der Waals surface area contributed by atoms with Crippen LogP contribution in [0.3, 0.4) is 0 Å². The van der Waals surface area contributed by atoms with Gasteiger partial charge in [0.25, 0.3) is 0 Å². The van der Waals surface area contributed by atoms with Gasteiger partial charge < -0.3 is 24.4 Å². The molecular formula is C37H46Cl2N6O7S. The van der Waals surface area contributed by atoms with E-state index < -0.39 is 22.1 Å². The van der Waals surface area contributed by atoms with Gasteiger partial charge in [0.05, 0.1) is 31.9 Å². The summed E-state index contributed by atoms with van der Waals surface area (Å²) in [5.41, 5.74) is 1.43. The third kappa shape index (κ3) is 9.61. The van der Waals surface area contributed by atoms with Crippen molar-refractivity contribution in [3.63, 3.8) is 0 Å². The van der Waals surface area contributed by atoms with E-state index in [2.05, 4.69) is 10.0 Å². The Labute approximate surface area is 321 Å². The molecule has 0 radical (unpaired) electrons. The SMILES string of the molecule is CCOc1cc(OC)c(S(=O)(=O)NCOC)cc1C1=N[C@@H](c2ccc(Cl)cc2)[C@@H](c2ccc(Cl)cc2)N1C(=O)N1CCN(CC(=O)NC(C)(C)C)CC1. The molecule has 2 atom stereocenters. The number of amidine groups is 1. The average molecular weight is 790 g/mol. The molecule has 1 saturated heterocycles. The van der Waals surface area contributed by atoms with Gasteiger partial charge in [0.1, 0.15) is 35.0 Å². The second-order valence-electron chi connectivity index (χ2n) is 13.7. The number of benzene rings is 3. The number of carbonyl (C=O) groups excluding carboxylic acids is 2. The molecule has 2 aliphatic rings. The molecule has 2 aliphatic heterocycles. The van der Waals surface area contributed by atoms with Crippen LogP contribution in [0.25, 0.3) is 0 Å². The summed E-state index contributed by atoms with van der Waals surface area (Å²) in [6.07, 6.45) is 0. The number of aliphatic imine (C=N–C) groups is 1. The van der Waals surface area contributed by atoms with Crippen LogP contribution in [0.5, 0.6) is 11.5 Å². The maximum atomic E-state index is 15.0. The van der Waals surface area contributed by atoms with Crippen LogP contribution in [0.4, 0.5) is 4.79 Å². The minimum atomic E-state index is -4.17. The molecule has 0 spiro atoms. The lowest BCUT2D eigenvalue weighted by atomic mass is 9.93. The third-order valence-electron chi connectivity index (χ3n) is 8.71. The largest absolute Gasteiger partial charge is 0.495 e. The van der Waals surface area contributed by atoms with Gasteiger partial charge in [-0.05, 0) is 69.2 Å². The van der Waals surface area contributed by atoms with Crippen molar-refractivity contribution in [2.45, 2.75) is 50.2 Å². The topological polar surface area (TPSA) is 142 Å². The van der Waals surface area contributed by atoms with Crippen molar-refractivity contribution < 1.29 is 32.2 Å². The standard InChI is InChI=1S/C37H46Cl2N6O7S/c1-7-52-29-21-30(51-6)31(53(48,49)40-23-50-5)20-28(29)35-41-33(24-8-12-26(38)13-9-24)34(25-10-14-27(39)15-11-25)45(35)36(47)44-18-16-43(17-19-44)22-32(46)42-37(2,3)4/h8-15,20-21,33-34,40H,7,16-19,22-23H2,1-6H3,(H,42,46)/t33-,34+/m0/s1. The summed E-state index contributed by atoms with van der Waals surface area (Å²) in [7, 11) is -1.43. The fraction of sp³-hybridized carbons (Fsp3) is 0.432. The zero-order chi connectivity index (χ0) is 38.5. The van der Waals surface area contributed by atoms with Gasteiger partial charge >= 0.3 is 6.03 Å². The summed E-state index contributed by atoms with van der Waals surface area (Å²) in [6.45, 7) is 9.37. The fourth-order valence-corrected chi connectivity index (χ4v) is 7.70. The van der Waals surface area contributed by atoms with Gasteiger partial charge in [0.2, 0.25) is 15.9 Å². The molecule has 3 amide bonds. The van der Waals surface area contributed by atoms with E-state index in [9.17, 15) is 13.2 Å². The summed E-state index contributed by atoms with van der Waals surface area (Å²) in [5, 5.41) is 4.05. The molecule has 16 heteroatoms. The summed E-state index contributed by atoms with van der Waals surface area (Å²) in [6, 6.07) is 15.7. The number of piperazine rings is 1. The van der Waals surface area contributed by atoms with Gasteiger partial charge in [-0.3, -0.25) is 19.6 Å². The summed E-state index contributed by atoms with van der Waals surface area (Å²) < 4.78 is 46.2. The third-order valence-corrected chi connectivity index (χ3v) is 10.6. The Morgan fingerprint density at radius 3 is 2.06 bits per heavy atom. The van der Waals surface area contributed by atoms with Crippen LogP contribution in [-0.2, 0) is 19.6 Å². The molecule has 2 heterocycles. The lowest BCUT2D eigenvalue weighted by Gasteiger charge is -2.39. The molecule has 0 unspecified atom stereocenters. The van der Waals surface area contributed by atoms with Crippen molar-refractivity contribution in [1.82, 2.24) is 24.7 Å². The van der Waals surface area contributed by atoms with Crippen LogP contribution in [-0.4, -0.2) is 107 Å². The molecule has 13 nitrogen and oxygen atoms in total. The zero-order valence-electron chi connectivity index (χ0n) is 30.7. The van der Waals surface area contributed by atoms with Gasteiger partial charge in [-0.2, -0.15) is 4.72 Å². The van der Waals surface area contributed by atoms with Crippen LogP contribution in [0.1, 0.15) is 56.5 Å². The van der Waals surface area contributed by atoms with Gasteiger partial charge in [-0.15, -0.1) is 0 Å². The number of halogens is 2. The van der Waals surface area contributed by atoms with Crippen LogP contribution in [0, 0.1) is 0 Å². The Hall–Kier alpha value is -3.92. The molecule has 3 aromatic rings. The van der Waals surface area contributed by atoms with Crippen molar-refractivity contribution in [3.05, 3.63) is 87.4 Å². The van der Waals surface area contributed by atoms with E-state index in [1.807, 2.05) is 49.9 Å². The van der Waals surface area contributed by atoms with Crippen molar-refractivity contribution >= 4 is 51.0 Å². The molecule has 5 rings (SSSR count). The van der Waals surface area contributed by atoms with E-state index in [1.54, 1.807) is 41.0 Å². The smallest absolute Gasteiger partial charge is 0.326 e. The Balaban J connectivity index is 1.64. The van der Waals surface area contributed by atoms with Gasteiger partial charge in [0.15, 0.2) is 0 Å². The van der Waals surface area contributed by atoms with E-state index in [4.69, 9.17) is 42.4 Å². The Bertz CT molecular complexity index is 1910. The average Bonchev–Trinajstić information content (AvgIpc) is 3.50. The predicted octanol–water partition coefficient (Wildman–Crippen LogP) is 5.48. The van der Waals surface area contributed by atoms with E-state index in [0.29, 0.717) is 36.2 Å². The highest BCUT2D eigenvalue weighted by atomic mass is 35.5. The van der Waals surface area contributed by atoms with Gasteiger partial charge in [0, 0.05) is 54.9 Å². The van der Waals surface area contributed by atoms with Crippen molar-refractivity contribution in [3.8, 4) is 11.5 Å². The van der Waals surface area contributed by atoms with E-state index in [0.717, 1.165) is 11.1 Å². The van der Waals surface area contributed by atoms with E-state index >= 15 is 4.79 Å². The van der Waals surface area contributed by atoms with Crippen molar-refractivity contribution in [1.29, 1.82) is 0 Å². The molecule has 53 heavy (non-hydrogen) atoms. The molecule has 0 saturated carbocycles. The van der Waals surface area contributed by atoms with Gasteiger partial charge in [-0.1, -0.05) is 47.5 Å². The van der Waals surface area contributed by atoms with Crippen LogP contribution >= 0.6 is 23.2 Å². The number of ether oxygens (including phenoxy) is 3. The van der Waals surface area contributed by atoms with E-state index in [-0.39, 0.29) is 65.2 Å². The predicted molar refractivity (Wildman–Crippen MR) is 204 cm³/mol. The number of nitrogens with zero attached hydrogens (tertiary/aromatic N) is 4. The quantitative estimate of drug-likeness (QED) is 0.230. The summed E-state index contributed by atoms with van der Waals surface area (Å²) >= 11 is 12.6. The highest BCUT2D eigenvalue weighted by Crippen LogP contribution is 2.46. The molecule has 286 valence electrons. The molecule has 3 aromatic carbocycles. The van der Waals surface area contributed by atoms with Crippen LogP contribution < -0.4 is 19.5 Å². The Morgan fingerprint density at radius 2 is 1.51 bits per heavy atom. The minimum Gasteiger partial charge on any atom is -0.495 e. The molecule has 0 bridgehead atoms. The summed E-state index contributed by atoms with van der Waals surface area (Å²) in [4.78, 5) is 38.1. The second kappa shape index (κ2) is 17.0. The Kier molecular flexibility index (Phi) is 12.9. The first-order valence-electron chi connectivity index (χ1n) is 17.2. The molecule has 0 aromatic heterocycles. The van der Waals surface area contributed by atoms with Crippen molar-refractivity contribution in [2.24, 2.45) is 4.99 Å². The normalized spacial score (nSPS) is 18.2. The fourth-order valence-electron chi connectivity index (χ4n) is 6.34. The van der Waals surface area contributed by atoms with Crippen LogP contribution in [0.2, 0.25) is 10.0 Å². The first-order chi connectivity index (χ1) is 25.1. The number of amides is 3. The molecular weight excluding hydrogens is 743 g/mol. The Morgan fingerprint density at radius 1 is 0.906 bits per heavy atom. The lowest BCUT2D eigenvalue weighted by molar-refractivity contribution is -0.124. The number of nitrogens with one attached hydrogen (secondary N) is 2. The maximum Gasteiger partial charge on any atom is 0.326 e. The number of sulfonamides is 1. The van der Waals surface area contributed by atoms with Crippen LogP contribution in [0.15, 0.2) is 70.6 Å². The highest BCUT2D eigenvalue weighted by molar-refractivity contribution is 7.89. The number of urea groups is 1. The molecule has 2 N–H and O–H groups in total. The van der Waals surface area contributed by atoms with Crippen molar-refractivity contribution in [2.75, 3.05) is 60.3 Å². The number of hydrogen-bond donors (Lipinski definition) is 2. The van der Waals surface area contributed by atoms with Gasteiger partial charge in [-0.25, -0.2) is 13.2 Å². The maximum absolute atomic E-state index is 15.0.